The second-order valence-electron chi connectivity index (χ2n) is 7.90. The maximum atomic E-state index is 12.7. The number of nitrogens with one attached hydrogen (secondary N) is 1. The van der Waals surface area contributed by atoms with Crippen molar-refractivity contribution in [1.29, 1.82) is 0 Å². The van der Waals surface area contributed by atoms with Crippen molar-refractivity contribution in [3.63, 3.8) is 0 Å². The fourth-order valence-corrected chi connectivity index (χ4v) is 5.65. The zero-order chi connectivity index (χ0) is 20.9. The number of fused-ring (bicyclic) bond motifs is 2. The monoisotopic (exact) mass is 437 g/mol. The van der Waals surface area contributed by atoms with Gasteiger partial charge in [-0.2, -0.15) is 0 Å². The Hall–Kier alpha value is -1.79. The highest BCUT2D eigenvalue weighted by molar-refractivity contribution is 7.89. The molecule has 1 aromatic rings. The molecule has 2 aliphatic carbocycles. The molecule has 5 nitrogen and oxygen atoms in total. The minimum atomic E-state index is -3.41. The van der Waals surface area contributed by atoms with Crippen molar-refractivity contribution >= 4 is 27.6 Å². The Labute approximate surface area is 177 Å². The van der Waals surface area contributed by atoms with Gasteiger partial charge in [0.2, 0.25) is 10.0 Å². The Balaban J connectivity index is 1.59. The largest absolute Gasteiger partial charge is 0.481 e. The molecule has 1 fully saturated rings. The molecule has 2 aliphatic rings. The van der Waals surface area contributed by atoms with Gasteiger partial charge in [-0.25, -0.2) is 8.42 Å². The normalized spacial score (nSPS) is 21.3. The molecule has 3 rings (SSSR count). The third kappa shape index (κ3) is 6.34. The number of hydrogen-bond acceptors (Lipinski definition) is 3. The van der Waals surface area contributed by atoms with Crippen molar-refractivity contribution in [3.05, 3.63) is 58.3 Å². The van der Waals surface area contributed by atoms with E-state index in [1.54, 1.807) is 12.1 Å². The van der Waals surface area contributed by atoms with Crippen LogP contribution in [0, 0.1) is 11.8 Å². The minimum absolute atomic E-state index is 0.0494. The number of carboxylic acids is 1. The number of carboxylic acid groups (broad SMARTS) is 1. The average Bonchev–Trinajstić information content (AvgIpc) is 3.26. The lowest BCUT2D eigenvalue weighted by Gasteiger charge is -2.21. The molecule has 0 spiro atoms. The van der Waals surface area contributed by atoms with Crippen LogP contribution in [-0.4, -0.2) is 25.2 Å². The van der Waals surface area contributed by atoms with E-state index >= 15 is 0 Å². The third-order valence-corrected chi connectivity index (χ3v) is 7.31. The number of aryl methyl sites for hydroxylation is 1. The van der Waals surface area contributed by atoms with E-state index in [1.165, 1.54) is 5.57 Å². The number of benzene rings is 1. The maximum Gasteiger partial charge on any atom is 0.303 e. The quantitative estimate of drug-likeness (QED) is 0.388. The van der Waals surface area contributed by atoms with Crippen LogP contribution in [0.5, 0.6) is 0 Å². The van der Waals surface area contributed by atoms with E-state index in [0.29, 0.717) is 29.7 Å². The molecule has 2 atom stereocenters. The smallest absolute Gasteiger partial charge is 0.303 e. The lowest BCUT2D eigenvalue weighted by molar-refractivity contribution is -0.137. The van der Waals surface area contributed by atoms with E-state index in [1.807, 2.05) is 18.2 Å². The standard InChI is InChI=1S/C22H28ClNO4S/c23-19-11-7-16(8-12-19)13-14-29(27,28)24-22-18-10-9-17(15-18)20(22)5-3-1-2-4-6-21(25)26/h1,3,7-8,11-12,17-18,24H,2,4-6,9-10,13-15H2,(H,25,26). The van der Waals surface area contributed by atoms with Gasteiger partial charge in [0.1, 0.15) is 0 Å². The summed E-state index contributed by atoms with van der Waals surface area (Å²) >= 11 is 5.88. The van der Waals surface area contributed by atoms with Crippen LogP contribution in [0.3, 0.4) is 0 Å². The summed E-state index contributed by atoms with van der Waals surface area (Å²) in [5.41, 5.74) is 3.07. The number of sulfonamides is 1. The maximum absolute atomic E-state index is 12.7. The average molecular weight is 438 g/mol. The number of aliphatic carboxylic acids is 1. The van der Waals surface area contributed by atoms with Crippen LogP contribution < -0.4 is 4.72 Å². The van der Waals surface area contributed by atoms with Gasteiger partial charge in [-0.15, -0.1) is 0 Å². The van der Waals surface area contributed by atoms with Gasteiger partial charge < -0.3 is 5.11 Å². The Kier molecular flexibility index (Phi) is 7.41. The highest BCUT2D eigenvalue weighted by Gasteiger charge is 2.39. The predicted octanol–water partition coefficient (Wildman–Crippen LogP) is 4.69. The number of rotatable bonds is 11. The Morgan fingerprint density at radius 2 is 1.90 bits per heavy atom. The molecule has 2 N–H and O–H groups in total. The minimum Gasteiger partial charge on any atom is -0.481 e. The van der Waals surface area contributed by atoms with Gasteiger partial charge in [0, 0.05) is 23.1 Å². The second-order valence-corrected chi connectivity index (χ2v) is 10.2. The van der Waals surface area contributed by atoms with Crippen molar-refractivity contribution < 1.29 is 18.3 Å². The van der Waals surface area contributed by atoms with Crippen molar-refractivity contribution in [2.45, 2.75) is 51.4 Å². The first-order chi connectivity index (χ1) is 13.8. The molecule has 0 radical (unpaired) electrons. The van der Waals surface area contributed by atoms with Crippen molar-refractivity contribution in [3.8, 4) is 0 Å². The highest BCUT2D eigenvalue weighted by Crippen LogP contribution is 2.49. The summed E-state index contributed by atoms with van der Waals surface area (Å²) < 4.78 is 28.3. The first-order valence-electron chi connectivity index (χ1n) is 10.2. The van der Waals surface area contributed by atoms with Gasteiger partial charge in [-0.3, -0.25) is 9.52 Å². The van der Waals surface area contributed by atoms with Gasteiger partial charge in [-0.05, 0) is 74.1 Å². The summed E-state index contributed by atoms with van der Waals surface area (Å²) in [7, 11) is -3.41. The number of halogens is 1. The van der Waals surface area contributed by atoms with Crippen molar-refractivity contribution in [2.75, 3.05) is 5.75 Å². The molecule has 158 valence electrons. The summed E-state index contributed by atoms with van der Waals surface area (Å²) in [5.74, 6) is 0.0660. The van der Waals surface area contributed by atoms with Crippen LogP contribution >= 0.6 is 11.6 Å². The highest BCUT2D eigenvalue weighted by atomic mass is 35.5. The lowest BCUT2D eigenvalue weighted by Crippen LogP contribution is -2.30. The molecule has 2 unspecified atom stereocenters. The van der Waals surface area contributed by atoms with Gasteiger partial charge >= 0.3 is 5.97 Å². The molecule has 0 heterocycles. The molecule has 0 aliphatic heterocycles. The van der Waals surface area contributed by atoms with Crippen LogP contribution in [0.15, 0.2) is 47.7 Å². The number of hydrogen-bond donors (Lipinski definition) is 2. The molecule has 29 heavy (non-hydrogen) atoms. The van der Waals surface area contributed by atoms with E-state index < -0.39 is 16.0 Å². The van der Waals surface area contributed by atoms with Gasteiger partial charge in [0.15, 0.2) is 0 Å². The van der Waals surface area contributed by atoms with Gasteiger partial charge in [-0.1, -0.05) is 35.9 Å². The summed E-state index contributed by atoms with van der Waals surface area (Å²) in [6.07, 6.45) is 10.0. The SMILES string of the molecule is O=C(O)CCCC=CCC1=C(NS(=O)(=O)CCc2ccc(Cl)cc2)C2CCC1C2. The summed E-state index contributed by atoms with van der Waals surface area (Å²) in [6.45, 7) is 0. The van der Waals surface area contributed by atoms with E-state index in [2.05, 4.69) is 10.8 Å². The van der Waals surface area contributed by atoms with Crippen molar-refractivity contribution in [1.82, 2.24) is 4.72 Å². The number of carbonyl (C=O) groups is 1. The molecular formula is C22H28ClNO4S. The zero-order valence-electron chi connectivity index (χ0n) is 16.4. The first-order valence-corrected chi connectivity index (χ1v) is 12.2. The number of allylic oxidation sites excluding steroid dienone is 4. The van der Waals surface area contributed by atoms with Crippen LogP contribution in [0.25, 0.3) is 0 Å². The van der Waals surface area contributed by atoms with E-state index in [0.717, 1.165) is 43.4 Å². The van der Waals surface area contributed by atoms with Crippen LogP contribution in [0.4, 0.5) is 0 Å². The molecule has 0 saturated heterocycles. The van der Waals surface area contributed by atoms with Gasteiger partial charge in [0.05, 0.1) is 5.75 Å². The Morgan fingerprint density at radius 3 is 2.62 bits per heavy atom. The van der Waals surface area contributed by atoms with Crippen LogP contribution in [0.2, 0.25) is 5.02 Å². The molecule has 0 aromatic heterocycles. The fourth-order valence-electron chi connectivity index (χ4n) is 4.29. The molecule has 0 amide bonds. The second kappa shape index (κ2) is 9.81. The molecule has 7 heteroatoms. The Morgan fingerprint density at radius 1 is 1.17 bits per heavy atom. The number of unbranched alkanes of at least 4 members (excludes halogenated alkanes) is 1. The topological polar surface area (TPSA) is 83.5 Å². The van der Waals surface area contributed by atoms with E-state index in [-0.39, 0.29) is 12.2 Å². The molecule has 2 bridgehead atoms. The summed E-state index contributed by atoms with van der Waals surface area (Å²) in [5, 5.41) is 9.32. The van der Waals surface area contributed by atoms with Crippen LogP contribution in [0.1, 0.15) is 50.5 Å². The van der Waals surface area contributed by atoms with E-state index in [9.17, 15) is 13.2 Å². The molecule has 1 aromatic carbocycles. The van der Waals surface area contributed by atoms with Crippen LogP contribution in [-0.2, 0) is 21.2 Å². The fraction of sp³-hybridized carbons (Fsp3) is 0.500. The molecular weight excluding hydrogens is 410 g/mol. The first kappa shape index (κ1) is 21.9. The summed E-state index contributed by atoms with van der Waals surface area (Å²) in [4.78, 5) is 10.6. The zero-order valence-corrected chi connectivity index (χ0v) is 18.0. The summed E-state index contributed by atoms with van der Waals surface area (Å²) in [6, 6.07) is 7.26. The third-order valence-electron chi connectivity index (χ3n) is 5.78. The molecule has 1 saturated carbocycles. The lowest BCUT2D eigenvalue weighted by atomic mass is 9.93. The van der Waals surface area contributed by atoms with Crippen molar-refractivity contribution in [2.24, 2.45) is 11.8 Å². The predicted molar refractivity (Wildman–Crippen MR) is 115 cm³/mol. The Bertz CT molecular complexity index is 890. The van der Waals surface area contributed by atoms with E-state index in [4.69, 9.17) is 16.7 Å². The van der Waals surface area contributed by atoms with Gasteiger partial charge in [0.25, 0.3) is 0 Å².